The number of carbonyl (C=O) groups is 1. The summed E-state index contributed by atoms with van der Waals surface area (Å²) in [5, 5.41) is 11.8. The molecular weight excluding hydrogens is 361 g/mol. The number of fused-ring (bicyclic) bond motifs is 2. The zero-order chi connectivity index (χ0) is 17.7. The van der Waals surface area contributed by atoms with Crippen molar-refractivity contribution in [3.8, 4) is 11.5 Å². The standard InChI is InChI=1S/C19H11Cl2NO3/c1-9-2-3-15-12(4-9)13(19(23)24)8-16(22-15)17-6-10-5-11(20)7-14(21)18(10)25-17/h2-8H,1H3,(H,23,24). The van der Waals surface area contributed by atoms with Gasteiger partial charge in [0.1, 0.15) is 5.69 Å². The van der Waals surface area contributed by atoms with Crippen LogP contribution in [0, 0.1) is 6.92 Å². The summed E-state index contributed by atoms with van der Waals surface area (Å²) in [6.45, 7) is 1.91. The Bertz CT molecular complexity index is 1160. The monoisotopic (exact) mass is 371 g/mol. The number of aromatic carboxylic acids is 1. The third-order valence-corrected chi connectivity index (χ3v) is 4.48. The third-order valence-electron chi connectivity index (χ3n) is 3.98. The maximum atomic E-state index is 11.7. The topological polar surface area (TPSA) is 63.3 Å². The number of carboxylic acids is 1. The van der Waals surface area contributed by atoms with Gasteiger partial charge in [-0.25, -0.2) is 9.78 Å². The summed E-state index contributed by atoms with van der Waals surface area (Å²) in [7, 11) is 0. The Labute approximate surface area is 152 Å². The molecule has 4 rings (SSSR count). The van der Waals surface area contributed by atoms with Gasteiger partial charge in [-0.3, -0.25) is 0 Å². The molecule has 0 fully saturated rings. The first-order chi connectivity index (χ1) is 11.9. The molecule has 0 aliphatic rings. The van der Waals surface area contributed by atoms with Crippen LogP contribution in [0.3, 0.4) is 0 Å². The summed E-state index contributed by atoms with van der Waals surface area (Å²) in [6, 6.07) is 12.1. The van der Waals surface area contributed by atoms with Gasteiger partial charge in [0, 0.05) is 15.8 Å². The van der Waals surface area contributed by atoms with E-state index in [0.717, 1.165) is 10.9 Å². The summed E-state index contributed by atoms with van der Waals surface area (Å²) in [6.07, 6.45) is 0. The molecule has 0 saturated carbocycles. The number of carboxylic acid groups (broad SMARTS) is 1. The normalized spacial score (nSPS) is 11.3. The Kier molecular flexibility index (Phi) is 3.67. The van der Waals surface area contributed by atoms with E-state index in [1.165, 1.54) is 6.07 Å². The number of aryl methyl sites for hydroxylation is 1. The predicted octanol–water partition coefficient (Wildman–Crippen LogP) is 5.96. The molecule has 1 N–H and O–H groups in total. The van der Waals surface area contributed by atoms with Crippen LogP contribution in [0.25, 0.3) is 33.3 Å². The average molecular weight is 372 g/mol. The fraction of sp³-hybridized carbons (Fsp3) is 0.0526. The van der Waals surface area contributed by atoms with Gasteiger partial charge in [0.05, 0.1) is 16.1 Å². The van der Waals surface area contributed by atoms with Crippen LogP contribution in [-0.2, 0) is 0 Å². The molecule has 25 heavy (non-hydrogen) atoms. The highest BCUT2D eigenvalue weighted by Gasteiger charge is 2.16. The molecule has 0 spiro atoms. The van der Waals surface area contributed by atoms with Crippen molar-refractivity contribution in [3.05, 3.63) is 63.6 Å². The Morgan fingerprint density at radius 3 is 2.68 bits per heavy atom. The Balaban J connectivity index is 1.99. The molecular formula is C19H11Cl2NO3. The molecule has 2 heterocycles. The first-order valence-electron chi connectivity index (χ1n) is 7.46. The molecule has 2 aromatic heterocycles. The lowest BCUT2D eigenvalue weighted by Gasteiger charge is -2.06. The lowest BCUT2D eigenvalue weighted by Crippen LogP contribution is -2.00. The fourth-order valence-corrected chi connectivity index (χ4v) is 3.39. The molecule has 0 unspecified atom stereocenters. The van der Waals surface area contributed by atoms with Gasteiger partial charge in [-0.05, 0) is 43.3 Å². The average Bonchev–Trinajstić information content (AvgIpc) is 2.98. The van der Waals surface area contributed by atoms with E-state index in [0.29, 0.717) is 38.0 Å². The van der Waals surface area contributed by atoms with Gasteiger partial charge in [0.25, 0.3) is 0 Å². The van der Waals surface area contributed by atoms with Crippen molar-refractivity contribution >= 4 is 51.0 Å². The summed E-state index contributed by atoms with van der Waals surface area (Å²) in [4.78, 5) is 16.2. The van der Waals surface area contributed by atoms with Crippen molar-refractivity contribution < 1.29 is 14.3 Å². The SMILES string of the molecule is Cc1ccc2nc(-c3cc4cc(Cl)cc(Cl)c4o3)cc(C(=O)O)c2c1. The molecule has 4 nitrogen and oxygen atoms in total. The molecule has 0 amide bonds. The number of nitrogens with zero attached hydrogens (tertiary/aromatic N) is 1. The number of benzene rings is 2. The van der Waals surface area contributed by atoms with E-state index in [-0.39, 0.29) is 5.56 Å². The molecule has 4 aromatic rings. The van der Waals surface area contributed by atoms with Crippen molar-refractivity contribution in [1.82, 2.24) is 4.98 Å². The predicted molar refractivity (Wildman–Crippen MR) is 98.7 cm³/mol. The van der Waals surface area contributed by atoms with Gasteiger partial charge in [0.15, 0.2) is 11.3 Å². The highest BCUT2D eigenvalue weighted by molar-refractivity contribution is 6.38. The second-order valence-electron chi connectivity index (χ2n) is 5.80. The molecule has 6 heteroatoms. The minimum Gasteiger partial charge on any atom is -0.478 e. The number of pyridine rings is 1. The zero-order valence-electron chi connectivity index (χ0n) is 13.0. The van der Waals surface area contributed by atoms with Gasteiger partial charge in [-0.2, -0.15) is 0 Å². The van der Waals surface area contributed by atoms with Crippen LogP contribution in [-0.4, -0.2) is 16.1 Å². The molecule has 0 atom stereocenters. The number of hydrogen-bond acceptors (Lipinski definition) is 3. The molecule has 2 aromatic carbocycles. The quantitative estimate of drug-likeness (QED) is 0.471. The number of halogens is 2. The largest absolute Gasteiger partial charge is 0.478 e. The summed E-state index contributed by atoms with van der Waals surface area (Å²) in [5.74, 6) is -0.583. The smallest absolute Gasteiger partial charge is 0.336 e. The highest BCUT2D eigenvalue weighted by Crippen LogP contribution is 2.35. The molecule has 0 bridgehead atoms. The minimum absolute atomic E-state index is 0.174. The van der Waals surface area contributed by atoms with Gasteiger partial charge in [-0.15, -0.1) is 0 Å². The molecule has 0 aliphatic carbocycles. The van der Waals surface area contributed by atoms with Crippen molar-refractivity contribution in [3.63, 3.8) is 0 Å². The van der Waals surface area contributed by atoms with Crippen LogP contribution in [0.1, 0.15) is 15.9 Å². The van der Waals surface area contributed by atoms with E-state index >= 15 is 0 Å². The van der Waals surface area contributed by atoms with E-state index < -0.39 is 5.97 Å². The lowest BCUT2D eigenvalue weighted by atomic mass is 10.0. The van der Waals surface area contributed by atoms with E-state index in [1.54, 1.807) is 24.3 Å². The van der Waals surface area contributed by atoms with Crippen LogP contribution in [0.4, 0.5) is 0 Å². The van der Waals surface area contributed by atoms with Gasteiger partial charge in [-0.1, -0.05) is 34.8 Å². The van der Waals surface area contributed by atoms with Gasteiger partial charge in [0.2, 0.25) is 0 Å². The van der Waals surface area contributed by atoms with Gasteiger partial charge >= 0.3 is 5.97 Å². The zero-order valence-corrected chi connectivity index (χ0v) is 14.5. The van der Waals surface area contributed by atoms with Crippen molar-refractivity contribution in [1.29, 1.82) is 0 Å². The number of hydrogen-bond donors (Lipinski definition) is 1. The second kappa shape index (κ2) is 5.76. The Morgan fingerprint density at radius 1 is 1.12 bits per heavy atom. The molecule has 0 radical (unpaired) electrons. The van der Waals surface area contributed by atoms with E-state index in [4.69, 9.17) is 27.6 Å². The van der Waals surface area contributed by atoms with Gasteiger partial charge < -0.3 is 9.52 Å². The van der Waals surface area contributed by atoms with Crippen LogP contribution in [0.5, 0.6) is 0 Å². The first-order valence-corrected chi connectivity index (χ1v) is 8.21. The van der Waals surface area contributed by atoms with E-state index in [9.17, 15) is 9.90 Å². The molecule has 0 saturated heterocycles. The number of furan rings is 1. The van der Waals surface area contributed by atoms with Crippen LogP contribution in [0.2, 0.25) is 10.0 Å². The Morgan fingerprint density at radius 2 is 1.92 bits per heavy atom. The second-order valence-corrected chi connectivity index (χ2v) is 6.64. The summed E-state index contributed by atoms with van der Waals surface area (Å²) in [5.41, 5.74) is 2.65. The summed E-state index contributed by atoms with van der Waals surface area (Å²) >= 11 is 12.2. The van der Waals surface area contributed by atoms with Crippen LogP contribution in [0.15, 0.2) is 46.9 Å². The van der Waals surface area contributed by atoms with E-state index in [1.807, 2.05) is 19.1 Å². The molecule has 0 aliphatic heterocycles. The minimum atomic E-state index is -1.02. The Hall–Kier alpha value is -2.56. The highest BCUT2D eigenvalue weighted by atomic mass is 35.5. The maximum Gasteiger partial charge on any atom is 0.336 e. The molecule has 124 valence electrons. The van der Waals surface area contributed by atoms with Crippen molar-refractivity contribution in [2.75, 3.05) is 0 Å². The van der Waals surface area contributed by atoms with Crippen LogP contribution < -0.4 is 0 Å². The summed E-state index contributed by atoms with van der Waals surface area (Å²) < 4.78 is 5.80. The lowest BCUT2D eigenvalue weighted by molar-refractivity contribution is 0.0699. The fourth-order valence-electron chi connectivity index (χ4n) is 2.84. The first kappa shape index (κ1) is 15.9. The number of rotatable bonds is 2. The van der Waals surface area contributed by atoms with Crippen molar-refractivity contribution in [2.45, 2.75) is 6.92 Å². The van der Waals surface area contributed by atoms with E-state index in [2.05, 4.69) is 4.98 Å². The maximum absolute atomic E-state index is 11.7. The van der Waals surface area contributed by atoms with Crippen molar-refractivity contribution in [2.24, 2.45) is 0 Å². The third kappa shape index (κ3) is 2.73. The number of aromatic nitrogens is 1. The van der Waals surface area contributed by atoms with Crippen LogP contribution >= 0.6 is 23.2 Å².